The van der Waals surface area contributed by atoms with Gasteiger partial charge < -0.3 is 35.5 Å². The zero-order valence-electron chi connectivity index (χ0n) is 27.7. The molecule has 0 bridgehead atoms. The molecule has 6 rings (SSSR count). The number of methoxy groups -OCH3 is 1. The number of nitrogens with zero attached hydrogens (tertiary/aromatic N) is 4. The number of benzene rings is 2. The number of ether oxygens (including phenoxy) is 3. The van der Waals surface area contributed by atoms with Gasteiger partial charge in [-0.25, -0.2) is 19.7 Å². The third-order valence-corrected chi connectivity index (χ3v) is 8.13. The van der Waals surface area contributed by atoms with Crippen LogP contribution in [0.15, 0.2) is 61.3 Å². The number of rotatable bonds is 8. The second-order valence-corrected chi connectivity index (χ2v) is 11.8. The van der Waals surface area contributed by atoms with E-state index in [1.165, 1.54) is 50.2 Å². The van der Waals surface area contributed by atoms with E-state index in [1.54, 1.807) is 0 Å². The summed E-state index contributed by atoms with van der Waals surface area (Å²) in [6.07, 6.45) is 8.48. The van der Waals surface area contributed by atoms with Gasteiger partial charge in [0.2, 0.25) is 11.8 Å². The standard InChI is InChI=1S/C22H22F2N4O4.C14H8F2N2O3/c1-31-19-14(11-26-21(25)28-19)3-2-12-8-13(4-5-17(12)32-20(23)24)18(30)27-15-9-22(6-7-22)10-16(15)29;15-14(16)21-12-4-3-11(13(19)20)5-10(12)2-1-9-6-17-8-18-7-9/h4-5,8,11,15-16,20,29H,6-7,9-10H2,1H3,(H,27,30)(H2,25,26,28);3-8,14H,(H,19,20)/t15-,16-;/m0./s1. The highest BCUT2D eigenvalue weighted by Gasteiger charge is 2.52. The highest BCUT2D eigenvalue weighted by molar-refractivity contribution is 5.95. The number of carboxylic acid groups (broad SMARTS) is 1. The number of nitrogens with two attached hydrogens (primary N) is 1. The van der Waals surface area contributed by atoms with E-state index in [2.05, 4.69) is 58.4 Å². The Bertz CT molecular complexity index is 2100. The first-order valence-electron chi connectivity index (χ1n) is 15.7. The van der Waals surface area contributed by atoms with Crippen LogP contribution in [0.1, 0.15) is 68.7 Å². The molecule has 0 radical (unpaired) electrons. The van der Waals surface area contributed by atoms with Crippen molar-refractivity contribution in [2.24, 2.45) is 5.41 Å². The third-order valence-electron chi connectivity index (χ3n) is 8.13. The molecule has 2 heterocycles. The van der Waals surface area contributed by atoms with Crippen molar-refractivity contribution < 1.29 is 51.6 Å². The summed E-state index contributed by atoms with van der Waals surface area (Å²) in [5.74, 6) is 8.80. The number of aliphatic hydroxyl groups excluding tert-OH is 1. The van der Waals surface area contributed by atoms with Crippen LogP contribution >= 0.6 is 0 Å². The monoisotopic (exact) mass is 734 g/mol. The zero-order chi connectivity index (χ0) is 38.1. The van der Waals surface area contributed by atoms with Crippen LogP contribution in [0.3, 0.4) is 0 Å². The fourth-order valence-corrected chi connectivity index (χ4v) is 5.44. The second kappa shape index (κ2) is 16.7. The Morgan fingerprint density at radius 2 is 1.47 bits per heavy atom. The highest BCUT2D eigenvalue weighted by atomic mass is 19.3. The smallest absolute Gasteiger partial charge is 0.387 e. The number of carbonyl (C=O) groups excluding carboxylic acids is 1. The first-order chi connectivity index (χ1) is 25.3. The average Bonchev–Trinajstić information content (AvgIpc) is 3.81. The predicted molar refractivity (Wildman–Crippen MR) is 178 cm³/mol. The lowest BCUT2D eigenvalue weighted by atomic mass is 10.1. The van der Waals surface area contributed by atoms with E-state index >= 15 is 0 Å². The van der Waals surface area contributed by atoms with Gasteiger partial charge in [-0.1, -0.05) is 23.7 Å². The molecule has 1 spiro atoms. The van der Waals surface area contributed by atoms with Crippen molar-refractivity contribution in [3.63, 3.8) is 0 Å². The molecule has 2 aromatic carbocycles. The number of aliphatic hydroxyl groups is 1. The number of aromatic nitrogens is 4. The molecule has 5 N–H and O–H groups in total. The van der Waals surface area contributed by atoms with Gasteiger partial charge in [-0.3, -0.25) is 4.79 Å². The summed E-state index contributed by atoms with van der Waals surface area (Å²) in [6.45, 7) is -6.09. The molecule has 2 aliphatic carbocycles. The molecular weight excluding hydrogens is 704 g/mol. The summed E-state index contributed by atoms with van der Waals surface area (Å²) < 4.78 is 64.3. The largest absolute Gasteiger partial charge is 0.480 e. The van der Waals surface area contributed by atoms with E-state index in [9.17, 15) is 32.3 Å². The van der Waals surface area contributed by atoms with Crippen LogP contribution in [0, 0.1) is 29.1 Å². The summed E-state index contributed by atoms with van der Waals surface area (Å²) in [7, 11) is 1.38. The maximum Gasteiger partial charge on any atom is 0.387 e. The van der Waals surface area contributed by atoms with Gasteiger partial charge in [0.05, 0.1) is 47.7 Å². The predicted octanol–water partition coefficient (Wildman–Crippen LogP) is 4.28. The Balaban J connectivity index is 0.000000224. The van der Waals surface area contributed by atoms with Crippen LogP contribution in [0.4, 0.5) is 23.5 Å². The van der Waals surface area contributed by atoms with E-state index in [0.29, 0.717) is 12.0 Å². The Morgan fingerprint density at radius 1 is 0.887 bits per heavy atom. The molecule has 13 nitrogen and oxygen atoms in total. The second-order valence-electron chi connectivity index (χ2n) is 11.8. The number of aromatic carboxylic acids is 1. The average molecular weight is 735 g/mol. The summed E-state index contributed by atoms with van der Waals surface area (Å²) in [5.41, 5.74) is 6.66. The van der Waals surface area contributed by atoms with E-state index in [4.69, 9.17) is 15.6 Å². The Labute approximate surface area is 299 Å². The molecule has 2 aromatic heterocycles. The molecule has 0 aliphatic heterocycles. The number of carbonyl (C=O) groups is 2. The maximum absolute atomic E-state index is 12.8. The molecule has 0 unspecified atom stereocenters. The lowest BCUT2D eigenvalue weighted by molar-refractivity contribution is -0.0507. The van der Waals surface area contributed by atoms with Crippen LogP contribution in [-0.2, 0) is 0 Å². The van der Waals surface area contributed by atoms with Gasteiger partial charge in [-0.15, -0.1) is 0 Å². The van der Waals surface area contributed by atoms with Crippen molar-refractivity contribution in [3.8, 4) is 41.1 Å². The van der Waals surface area contributed by atoms with Gasteiger partial charge in [0.25, 0.3) is 5.91 Å². The number of nitrogens with one attached hydrogen (secondary N) is 1. The molecule has 53 heavy (non-hydrogen) atoms. The van der Waals surface area contributed by atoms with Gasteiger partial charge in [0.1, 0.15) is 23.4 Å². The highest BCUT2D eigenvalue weighted by Crippen LogP contribution is 2.57. The SMILES string of the molecule is COc1nc(N)ncc1C#Cc1cc(C(=O)N[C@H]2CC3(CC3)C[C@@H]2O)ccc1OC(F)F.O=C(O)c1ccc(OC(F)F)c(C#Cc2cncnc2)c1. The van der Waals surface area contributed by atoms with Crippen molar-refractivity contribution in [2.75, 3.05) is 12.8 Å². The maximum atomic E-state index is 12.8. The van der Waals surface area contributed by atoms with Crippen molar-refractivity contribution in [1.82, 2.24) is 25.3 Å². The number of nitrogen functional groups attached to an aromatic ring is 1. The minimum atomic E-state index is -3.06. The summed E-state index contributed by atoms with van der Waals surface area (Å²) in [4.78, 5) is 38.9. The Kier molecular flexibility index (Phi) is 11.9. The molecule has 2 saturated carbocycles. The number of anilines is 1. The van der Waals surface area contributed by atoms with Crippen molar-refractivity contribution in [1.29, 1.82) is 0 Å². The van der Waals surface area contributed by atoms with Gasteiger partial charge in [0, 0.05) is 18.0 Å². The van der Waals surface area contributed by atoms with Gasteiger partial charge in [-0.05, 0) is 67.5 Å². The Hall–Kier alpha value is -6.46. The van der Waals surface area contributed by atoms with E-state index in [0.717, 1.165) is 37.5 Å². The molecule has 2 aliphatic rings. The fraction of sp³-hybridized carbons (Fsp3) is 0.278. The quantitative estimate of drug-likeness (QED) is 0.149. The molecule has 2 atom stereocenters. The normalized spacial score (nSPS) is 16.3. The van der Waals surface area contributed by atoms with E-state index in [-0.39, 0.29) is 62.6 Å². The summed E-state index contributed by atoms with van der Waals surface area (Å²) in [6, 6.07) is 7.12. The van der Waals surface area contributed by atoms with Gasteiger partial charge >= 0.3 is 19.2 Å². The number of alkyl halides is 4. The molecule has 17 heteroatoms. The van der Waals surface area contributed by atoms with Crippen LogP contribution in [0.5, 0.6) is 17.4 Å². The van der Waals surface area contributed by atoms with Crippen LogP contribution in [-0.4, -0.2) is 74.5 Å². The topological polar surface area (TPSA) is 192 Å². The lowest BCUT2D eigenvalue weighted by Crippen LogP contribution is -2.39. The molecule has 0 saturated heterocycles. The molecule has 1 amide bonds. The van der Waals surface area contributed by atoms with E-state index < -0.39 is 31.2 Å². The molecule has 4 aromatic rings. The minimum Gasteiger partial charge on any atom is -0.480 e. The first-order valence-corrected chi connectivity index (χ1v) is 15.7. The van der Waals surface area contributed by atoms with Crippen molar-refractivity contribution in [2.45, 2.75) is 51.1 Å². The number of hydrogen-bond acceptors (Lipinski definition) is 11. The summed E-state index contributed by atoms with van der Waals surface area (Å²) >= 11 is 0. The summed E-state index contributed by atoms with van der Waals surface area (Å²) in [5, 5.41) is 22.0. The number of amides is 1. The third kappa shape index (κ3) is 10.3. The fourth-order valence-electron chi connectivity index (χ4n) is 5.44. The van der Waals surface area contributed by atoms with Crippen LogP contribution < -0.4 is 25.3 Å². The lowest BCUT2D eigenvalue weighted by Gasteiger charge is -2.17. The Morgan fingerprint density at radius 3 is 2.04 bits per heavy atom. The first kappa shape index (κ1) is 37.8. The molecular formula is C36H30F4N6O7. The number of halogens is 4. The van der Waals surface area contributed by atoms with Gasteiger partial charge in [0.15, 0.2) is 0 Å². The van der Waals surface area contributed by atoms with Crippen LogP contribution in [0.2, 0.25) is 0 Å². The molecule has 2 fully saturated rings. The number of carboxylic acids is 1. The number of hydrogen-bond donors (Lipinski definition) is 4. The zero-order valence-corrected chi connectivity index (χ0v) is 27.7. The van der Waals surface area contributed by atoms with Crippen molar-refractivity contribution in [3.05, 3.63) is 94.7 Å². The van der Waals surface area contributed by atoms with Crippen LogP contribution in [0.25, 0.3) is 0 Å². The minimum absolute atomic E-state index is 0.00475. The van der Waals surface area contributed by atoms with E-state index in [1.807, 2.05) is 0 Å². The van der Waals surface area contributed by atoms with Gasteiger partial charge in [-0.2, -0.15) is 22.5 Å². The molecule has 274 valence electrons. The van der Waals surface area contributed by atoms with Crippen molar-refractivity contribution >= 4 is 17.8 Å².